The van der Waals surface area contributed by atoms with Crippen molar-refractivity contribution in [3.63, 3.8) is 0 Å². The number of H-pyrrole nitrogens is 1. The molecule has 4 rings (SSSR count). The molecule has 0 atom stereocenters. The Hall–Kier alpha value is -2.26. The summed E-state index contributed by atoms with van der Waals surface area (Å²) < 4.78 is 0. The average molecular weight is 330 g/mol. The number of imidazole rings is 1. The van der Waals surface area contributed by atoms with Gasteiger partial charge in [-0.25, -0.2) is 9.97 Å². The maximum Gasteiger partial charge on any atom is 0.224 e. The van der Waals surface area contributed by atoms with E-state index in [-0.39, 0.29) is 5.95 Å². The Morgan fingerprint density at radius 3 is 2.78 bits per heavy atom. The Labute approximate surface area is 137 Å². The van der Waals surface area contributed by atoms with Gasteiger partial charge in [0, 0.05) is 17.5 Å². The van der Waals surface area contributed by atoms with E-state index in [2.05, 4.69) is 29.8 Å². The largest absolute Gasteiger partial charge is 0.382 e. The van der Waals surface area contributed by atoms with Crippen LogP contribution in [0.4, 0.5) is 11.8 Å². The van der Waals surface area contributed by atoms with E-state index in [0.717, 1.165) is 38.3 Å². The number of hydrogen-bond donors (Lipinski definition) is 3. The number of nitrogens with zero attached hydrogens (tertiary/aromatic N) is 5. The van der Waals surface area contributed by atoms with E-state index in [0.29, 0.717) is 22.9 Å². The molecule has 0 spiro atoms. The van der Waals surface area contributed by atoms with E-state index in [9.17, 15) is 0 Å². The van der Waals surface area contributed by atoms with E-state index in [1.807, 2.05) is 11.6 Å². The topological polar surface area (TPSA) is 123 Å². The maximum atomic E-state index is 5.88. The van der Waals surface area contributed by atoms with Crippen LogP contribution in [-0.2, 0) is 6.54 Å². The fraction of sp³-hybridized carbons (Fsp3) is 0.429. The number of nitrogens with one attached hydrogen (secondary N) is 1. The molecule has 0 aliphatic carbocycles. The molecule has 23 heavy (non-hydrogen) atoms. The Morgan fingerprint density at radius 1 is 1.22 bits per heavy atom. The molecule has 1 aliphatic rings. The number of thiazole rings is 1. The Kier molecular flexibility index (Phi) is 3.58. The van der Waals surface area contributed by atoms with Gasteiger partial charge >= 0.3 is 0 Å². The van der Waals surface area contributed by atoms with Gasteiger partial charge in [-0.2, -0.15) is 9.97 Å². The first-order valence-corrected chi connectivity index (χ1v) is 8.46. The minimum atomic E-state index is 0.159. The summed E-state index contributed by atoms with van der Waals surface area (Å²) in [5, 5.41) is 3.19. The zero-order valence-electron chi connectivity index (χ0n) is 12.6. The fourth-order valence-electron chi connectivity index (χ4n) is 3.03. The average Bonchev–Trinajstić information content (AvgIpc) is 3.17. The highest BCUT2D eigenvalue weighted by Crippen LogP contribution is 2.29. The SMILES string of the molecule is Nc1nc(N)c2[nH]c(C3CCN(Cc4nccs4)CC3)nc2n1. The van der Waals surface area contributed by atoms with Crippen molar-refractivity contribution in [2.45, 2.75) is 25.3 Å². The number of fused-ring (bicyclic) bond motifs is 1. The first-order chi connectivity index (χ1) is 11.2. The molecule has 8 nitrogen and oxygen atoms in total. The van der Waals surface area contributed by atoms with Crippen molar-refractivity contribution in [1.29, 1.82) is 0 Å². The molecule has 1 fully saturated rings. The lowest BCUT2D eigenvalue weighted by molar-refractivity contribution is 0.202. The van der Waals surface area contributed by atoms with E-state index < -0.39 is 0 Å². The number of nitrogen functional groups attached to an aromatic ring is 2. The first-order valence-electron chi connectivity index (χ1n) is 7.58. The molecule has 0 amide bonds. The zero-order valence-corrected chi connectivity index (χ0v) is 13.4. The van der Waals surface area contributed by atoms with Crippen molar-refractivity contribution in [2.24, 2.45) is 0 Å². The highest BCUT2D eigenvalue weighted by Gasteiger charge is 2.24. The quantitative estimate of drug-likeness (QED) is 0.662. The molecule has 120 valence electrons. The zero-order chi connectivity index (χ0) is 15.8. The minimum absolute atomic E-state index is 0.159. The highest BCUT2D eigenvalue weighted by atomic mass is 32.1. The van der Waals surface area contributed by atoms with Gasteiger partial charge in [-0.15, -0.1) is 11.3 Å². The van der Waals surface area contributed by atoms with Crippen molar-refractivity contribution in [3.8, 4) is 0 Å². The number of aromatic amines is 1. The molecule has 1 saturated heterocycles. The van der Waals surface area contributed by atoms with Gasteiger partial charge in [-0.3, -0.25) is 4.90 Å². The summed E-state index contributed by atoms with van der Waals surface area (Å²) >= 11 is 1.71. The molecule has 4 heterocycles. The fourth-order valence-corrected chi connectivity index (χ4v) is 3.69. The van der Waals surface area contributed by atoms with Crippen LogP contribution in [0.5, 0.6) is 0 Å². The number of aromatic nitrogens is 5. The number of piperidine rings is 1. The van der Waals surface area contributed by atoms with Crippen molar-refractivity contribution in [2.75, 3.05) is 24.6 Å². The molecule has 0 saturated carbocycles. The van der Waals surface area contributed by atoms with Gasteiger partial charge in [0.05, 0.1) is 6.54 Å². The summed E-state index contributed by atoms with van der Waals surface area (Å²) in [5.41, 5.74) is 12.7. The van der Waals surface area contributed by atoms with Crippen molar-refractivity contribution in [1.82, 2.24) is 29.8 Å². The van der Waals surface area contributed by atoms with Crippen molar-refractivity contribution in [3.05, 3.63) is 22.4 Å². The van der Waals surface area contributed by atoms with Crippen LogP contribution in [0.2, 0.25) is 0 Å². The number of nitrogens with two attached hydrogens (primary N) is 2. The van der Waals surface area contributed by atoms with Crippen LogP contribution in [0.15, 0.2) is 11.6 Å². The molecule has 5 N–H and O–H groups in total. The molecular weight excluding hydrogens is 312 g/mol. The third-order valence-corrected chi connectivity index (χ3v) is 5.00. The minimum Gasteiger partial charge on any atom is -0.382 e. The lowest BCUT2D eigenvalue weighted by atomic mass is 9.96. The number of likely N-dealkylation sites (tertiary alicyclic amines) is 1. The molecule has 0 unspecified atom stereocenters. The molecular formula is C14H18N8S. The van der Waals surface area contributed by atoms with Crippen LogP contribution in [0.25, 0.3) is 11.2 Å². The predicted molar refractivity (Wildman–Crippen MR) is 89.9 cm³/mol. The Balaban J connectivity index is 1.47. The second-order valence-electron chi connectivity index (χ2n) is 5.76. The summed E-state index contributed by atoms with van der Waals surface area (Å²) in [6.07, 6.45) is 3.96. The summed E-state index contributed by atoms with van der Waals surface area (Å²) in [4.78, 5) is 22.7. The van der Waals surface area contributed by atoms with E-state index in [1.165, 1.54) is 5.01 Å². The monoisotopic (exact) mass is 330 g/mol. The van der Waals surface area contributed by atoms with Gasteiger partial charge in [0.15, 0.2) is 11.5 Å². The summed E-state index contributed by atoms with van der Waals surface area (Å²) in [6.45, 7) is 2.99. The second kappa shape index (κ2) is 5.74. The Bertz CT molecular complexity index is 804. The van der Waals surface area contributed by atoms with Crippen LogP contribution in [-0.4, -0.2) is 42.9 Å². The Morgan fingerprint density at radius 2 is 2.04 bits per heavy atom. The normalized spacial score (nSPS) is 17.0. The molecule has 1 aliphatic heterocycles. The molecule has 9 heteroatoms. The summed E-state index contributed by atoms with van der Waals surface area (Å²) in [6, 6.07) is 0. The molecule has 0 bridgehead atoms. The molecule has 3 aromatic heterocycles. The van der Waals surface area contributed by atoms with Gasteiger partial charge in [0.1, 0.15) is 16.3 Å². The number of hydrogen-bond acceptors (Lipinski definition) is 8. The van der Waals surface area contributed by atoms with Gasteiger partial charge in [-0.05, 0) is 25.9 Å². The van der Waals surface area contributed by atoms with Crippen LogP contribution >= 0.6 is 11.3 Å². The van der Waals surface area contributed by atoms with E-state index in [4.69, 9.17) is 11.5 Å². The van der Waals surface area contributed by atoms with Crippen molar-refractivity contribution >= 4 is 34.3 Å². The van der Waals surface area contributed by atoms with Crippen molar-refractivity contribution < 1.29 is 0 Å². The second-order valence-corrected chi connectivity index (χ2v) is 6.74. The van der Waals surface area contributed by atoms with Crippen LogP contribution in [0.3, 0.4) is 0 Å². The molecule has 3 aromatic rings. The third-order valence-electron chi connectivity index (χ3n) is 4.23. The lowest BCUT2D eigenvalue weighted by Crippen LogP contribution is -2.32. The molecule has 0 aromatic carbocycles. The van der Waals surface area contributed by atoms with Gasteiger partial charge < -0.3 is 16.5 Å². The van der Waals surface area contributed by atoms with Crippen LogP contribution < -0.4 is 11.5 Å². The predicted octanol–water partition coefficient (Wildman–Crippen LogP) is 1.35. The standard InChI is InChI=1S/C14H18N8S/c15-11-10-13(21-14(16)19-11)20-12(18-10)8-1-4-22(5-2-8)7-9-17-3-6-23-9/h3,6,8H,1-2,4-5,7H2,(H5,15,16,18,19,20,21). The van der Waals surface area contributed by atoms with Gasteiger partial charge in [-0.1, -0.05) is 0 Å². The van der Waals surface area contributed by atoms with E-state index >= 15 is 0 Å². The summed E-state index contributed by atoms with van der Waals surface area (Å²) in [7, 11) is 0. The highest BCUT2D eigenvalue weighted by molar-refractivity contribution is 7.09. The third kappa shape index (κ3) is 2.84. The lowest BCUT2D eigenvalue weighted by Gasteiger charge is -2.30. The summed E-state index contributed by atoms with van der Waals surface area (Å²) in [5.74, 6) is 1.83. The molecule has 0 radical (unpaired) electrons. The first kappa shape index (κ1) is 14.3. The van der Waals surface area contributed by atoms with Gasteiger partial charge in [0.2, 0.25) is 5.95 Å². The maximum absolute atomic E-state index is 5.88. The van der Waals surface area contributed by atoms with Crippen LogP contribution in [0, 0.1) is 0 Å². The number of rotatable bonds is 3. The van der Waals surface area contributed by atoms with Gasteiger partial charge in [0.25, 0.3) is 0 Å². The smallest absolute Gasteiger partial charge is 0.224 e. The van der Waals surface area contributed by atoms with E-state index in [1.54, 1.807) is 11.3 Å². The number of anilines is 2. The van der Waals surface area contributed by atoms with Crippen LogP contribution in [0.1, 0.15) is 29.6 Å².